The minimum Gasteiger partial charge on any atom is -0.378 e. The maximum Gasteiger partial charge on any atom is 0.131 e. The molecule has 2 aromatic heterocycles. The summed E-state index contributed by atoms with van der Waals surface area (Å²) in [5.41, 5.74) is 2.51. The minimum atomic E-state index is 0. The molecule has 146 valence electrons. The number of ether oxygens (including phenoxy) is 1. The number of imidazole rings is 1. The first-order chi connectivity index (χ1) is 12.1. The molecule has 8 heteroatoms. The van der Waals surface area contributed by atoms with Crippen LogP contribution in [0.25, 0.3) is 0 Å². The molecule has 0 aliphatic carbocycles. The van der Waals surface area contributed by atoms with Crippen molar-refractivity contribution in [3.8, 4) is 0 Å². The lowest BCUT2D eigenvalue weighted by atomic mass is 10.0. The van der Waals surface area contributed by atoms with Gasteiger partial charge in [-0.15, -0.1) is 12.4 Å². The standard InChI is InChI=1S/C18H30N6O.ClH/c1-14(2)17-16(13-19-5-7-23-8-6-20-15(23)3)18(22(4)21-17)24-9-11-25-12-10-24;/h6,8,14,19H,5,7,9-13H2,1-4H3;1H. The van der Waals surface area contributed by atoms with Gasteiger partial charge in [-0.2, -0.15) is 5.10 Å². The molecular weight excluding hydrogens is 352 g/mol. The molecule has 0 bridgehead atoms. The molecule has 3 heterocycles. The molecule has 1 saturated heterocycles. The summed E-state index contributed by atoms with van der Waals surface area (Å²) in [5.74, 6) is 2.70. The molecule has 0 amide bonds. The van der Waals surface area contributed by atoms with Gasteiger partial charge in [0.05, 0.1) is 18.9 Å². The third-order valence-corrected chi connectivity index (χ3v) is 4.76. The normalized spacial score (nSPS) is 14.7. The van der Waals surface area contributed by atoms with Crippen molar-refractivity contribution in [1.82, 2.24) is 24.6 Å². The first-order valence-electron chi connectivity index (χ1n) is 9.15. The van der Waals surface area contributed by atoms with Crippen LogP contribution in [0.5, 0.6) is 0 Å². The molecule has 0 saturated carbocycles. The molecule has 26 heavy (non-hydrogen) atoms. The second-order valence-corrected chi connectivity index (χ2v) is 6.91. The third-order valence-electron chi connectivity index (χ3n) is 4.76. The molecule has 3 rings (SSSR count). The zero-order valence-electron chi connectivity index (χ0n) is 16.2. The van der Waals surface area contributed by atoms with Gasteiger partial charge >= 0.3 is 0 Å². The Balaban J connectivity index is 0.00000243. The van der Waals surface area contributed by atoms with Crippen LogP contribution < -0.4 is 10.2 Å². The van der Waals surface area contributed by atoms with Gasteiger partial charge in [-0.1, -0.05) is 13.8 Å². The first-order valence-corrected chi connectivity index (χ1v) is 9.15. The highest BCUT2D eigenvalue weighted by molar-refractivity contribution is 5.85. The second kappa shape index (κ2) is 9.39. The monoisotopic (exact) mass is 382 g/mol. The summed E-state index contributed by atoms with van der Waals surface area (Å²) in [5, 5.41) is 8.40. The molecular formula is C18H31ClN6O. The zero-order chi connectivity index (χ0) is 17.8. The quantitative estimate of drug-likeness (QED) is 0.743. The second-order valence-electron chi connectivity index (χ2n) is 6.91. The summed E-state index contributed by atoms with van der Waals surface area (Å²) in [4.78, 5) is 6.67. The number of aromatic nitrogens is 4. The van der Waals surface area contributed by atoms with Crippen LogP contribution in [-0.4, -0.2) is 52.2 Å². The number of hydrogen-bond donors (Lipinski definition) is 1. The van der Waals surface area contributed by atoms with Gasteiger partial charge in [0.2, 0.25) is 0 Å². The Hall–Kier alpha value is -1.57. The Bertz CT molecular complexity index is 690. The lowest BCUT2D eigenvalue weighted by molar-refractivity contribution is 0.122. The molecule has 0 unspecified atom stereocenters. The average Bonchev–Trinajstić information content (AvgIpc) is 3.15. The van der Waals surface area contributed by atoms with Crippen LogP contribution in [0.4, 0.5) is 5.82 Å². The van der Waals surface area contributed by atoms with E-state index in [2.05, 4.69) is 40.7 Å². The number of anilines is 1. The Morgan fingerprint density at radius 1 is 1.27 bits per heavy atom. The number of nitrogens with zero attached hydrogens (tertiary/aromatic N) is 5. The number of nitrogens with one attached hydrogen (secondary N) is 1. The summed E-state index contributed by atoms with van der Waals surface area (Å²) in [7, 11) is 2.05. The Morgan fingerprint density at radius 2 is 2.00 bits per heavy atom. The fourth-order valence-electron chi connectivity index (χ4n) is 3.44. The van der Waals surface area contributed by atoms with Gasteiger partial charge in [-0.25, -0.2) is 4.98 Å². The molecule has 2 aromatic rings. The zero-order valence-corrected chi connectivity index (χ0v) is 17.1. The van der Waals surface area contributed by atoms with Crippen molar-refractivity contribution in [2.45, 2.75) is 39.8 Å². The number of hydrogen-bond acceptors (Lipinski definition) is 5. The summed E-state index contributed by atoms with van der Waals surface area (Å²) in [6.07, 6.45) is 3.88. The molecule has 1 fully saturated rings. The van der Waals surface area contributed by atoms with Crippen LogP contribution in [-0.2, 0) is 24.9 Å². The highest BCUT2D eigenvalue weighted by Gasteiger charge is 2.23. The fraction of sp³-hybridized carbons (Fsp3) is 0.667. The van der Waals surface area contributed by atoms with Gasteiger partial charge in [-0.3, -0.25) is 4.68 Å². The van der Waals surface area contributed by atoms with Crippen molar-refractivity contribution in [2.75, 3.05) is 37.7 Å². The number of rotatable bonds is 7. The van der Waals surface area contributed by atoms with Crippen molar-refractivity contribution in [2.24, 2.45) is 7.05 Å². The van der Waals surface area contributed by atoms with E-state index in [-0.39, 0.29) is 12.4 Å². The summed E-state index contributed by atoms with van der Waals surface area (Å²) < 4.78 is 9.72. The van der Waals surface area contributed by atoms with Crippen LogP contribution >= 0.6 is 12.4 Å². The SMILES string of the molecule is Cc1nccn1CCNCc1c(C(C)C)nn(C)c1N1CCOCC1.Cl. The van der Waals surface area contributed by atoms with Crippen molar-refractivity contribution in [1.29, 1.82) is 0 Å². The van der Waals surface area contributed by atoms with E-state index in [0.29, 0.717) is 5.92 Å². The lowest BCUT2D eigenvalue weighted by Gasteiger charge is -2.29. The van der Waals surface area contributed by atoms with Gasteiger partial charge in [0.1, 0.15) is 11.6 Å². The molecule has 0 aromatic carbocycles. The Labute approximate surface area is 162 Å². The lowest BCUT2D eigenvalue weighted by Crippen LogP contribution is -2.38. The van der Waals surface area contributed by atoms with E-state index in [1.165, 1.54) is 17.1 Å². The smallest absolute Gasteiger partial charge is 0.131 e. The molecule has 0 radical (unpaired) electrons. The highest BCUT2D eigenvalue weighted by atomic mass is 35.5. The first kappa shape index (κ1) is 20.7. The van der Waals surface area contributed by atoms with Gasteiger partial charge < -0.3 is 19.5 Å². The van der Waals surface area contributed by atoms with Crippen LogP contribution in [0.2, 0.25) is 0 Å². The maximum atomic E-state index is 5.51. The van der Waals surface area contributed by atoms with Crippen LogP contribution in [0.15, 0.2) is 12.4 Å². The Morgan fingerprint density at radius 3 is 2.62 bits per heavy atom. The predicted octanol–water partition coefficient (Wildman–Crippen LogP) is 2.10. The topological polar surface area (TPSA) is 60.1 Å². The van der Waals surface area contributed by atoms with Gasteiger partial charge in [0.25, 0.3) is 0 Å². The van der Waals surface area contributed by atoms with E-state index < -0.39 is 0 Å². The van der Waals surface area contributed by atoms with E-state index in [1.54, 1.807) is 0 Å². The van der Waals surface area contributed by atoms with E-state index in [4.69, 9.17) is 9.84 Å². The predicted molar refractivity (Wildman–Crippen MR) is 106 cm³/mol. The van der Waals surface area contributed by atoms with Gasteiger partial charge in [0, 0.05) is 57.7 Å². The summed E-state index contributed by atoms with van der Waals surface area (Å²) in [6.45, 7) is 12.6. The molecule has 1 aliphatic heterocycles. The Kier molecular flexibility index (Phi) is 7.49. The number of morpholine rings is 1. The largest absolute Gasteiger partial charge is 0.378 e. The highest BCUT2D eigenvalue weighted by Crippen LogP contribution is 2.28. The van der Waals surface area contributed by atoms with Crippen LogP contribution in [0.1, 0.15) is 36.8 Å². The van der Waals surface area contributed by atoms with Crippen LogP contribution in [0, 0.1) is 6.92 Å². The van der Waals surface area contributed by atoms with E-state index in [1.807, 2.05) is 24.0 Å². The third kappa shape index (κ3) is 4.58. The van der Waals surface area contributed by atoms with Crippen molar-refractivity contribution in [3.63, 3.8) is 0 Å². The molecule has 1 aliphatic rings. The summed E-state index contributed by atoms with van der Waals surface area (Å²) in [6, 6.07) is 0. The van der Waals surface area contributed by atoms with Crippen LogP contribution in [0.3, 0.4) is 0 Å². The van der Waals surface area contributed by atoms with Gasteiger partial charge in [-0.05, 0) is 12.8 Å². The minimum absolute atomic E-state index is 0. The number of halogens is 1. The van der Waals surface area contributed by atoms with Crippen molar-refractivity contribution < 1.29 is 4.74 Å². The maximum absolute atomic E-state index is 5.51. The number of aryl methyl sites for hydroxylation is 2. The molecule has 7 nitrogen and oxygen atoms in total. The average molecular weight is 383 g/mol. The van der Waals surface area contributed by atoms with E-state index in [0.717, 1.165) is 51.8 Å². The van der Waals surface area contributed by atoms with E-state index >= 15 is 0 Å². The van der Waals surface area contributed by atoms with Gasteiger partial charge in [0.15, 0.2) is 0 Å². The molecule has 0 atom stereocenters. The summed E-state index contributed by atoms with van der Waals surface area (Å²) >= 11 is 0. The fourth-order valence-corrected chi connectivity index (χ4v) is 3.44. The van der Waals surface area contributed by atoms with E-state index in [9.17, 15) is 0 Å². The molecule has 0 spiro atoms. The van der Waals surface area contributed by atoms with Crippen molar-refractivity contribution >= 4 is 18.2 Å². The van der Waals surface area contributed by atoms with Crippen molar-refractivity contribution in [3.05, 3.63) is 29.5 Å². The molecule has 1 N–H and O–H groups in total.